The van der Waals surface area contributed by atoms with Gasteiger partial charge in [-0.05, 0) is 125 Å². The van der Waals surface area contributed by atoms with Gasteiger partial charge in [0, 0.05) is 13.2 Å². The highest BCUT2D eigenvalue weighted by atomic mass is 16.5. The van der Waals surface area contributed by atoms with Crippen LogP contribution in [0.4, 0.5) is 0 Å². The summed E-state index contributed by atoms with van der Waals surface area (Å²) in [6.07, 6.45) is 30.5. The first-order chi connectivity index (χ1) is 16.2. The van der Waals surface area contributed by atoms with Crippen molar-refractivity contribution in [2.75, 3.05) is 13.2 Å². The van der Waals surface area contributed by atoms with Gasteiger partial charge in [-0.25, -0.2) is 0 Å². The van der Waals surface area contributed by atoms with E-state index in [1.807, 2.05) is 0 Å². The maximum absolute atomic E-state index is 6.01. The highest BCUT2D eigenvalue weighted by Gasteiger charge is 2.28. The molecule has 0 aromatic heterocycles. The van der Waals surface area contributed by atoms with Crippen molar-refractivity contribution in [3.05, 3.63) is 23.3 Å². The zero-order valence-corrected chi connectivity index (χ0v) is 22.2. The zero-order valence-electron chi connectivity index (χ0n) is 22.2. The molecule has 0 bridgehead atoms. The van der Waals surface area contributed by atoms with Crippen LogP contribution < -0.4 is 0 Å². The van der Waals surface area contributed by atoms with E-state index in [0.29, 0.717) is 0 Å². The molecule has 0 aromatic carbocycles. The largest absolute Gasteiger partial charge is 0.381 e. The first-order valence-corrected chi connectivity index (χ1v) is 15.1. The SMILES string of the molecule is CC1CCC(C2CC=C(CCCOCCCC3=CCC(C4CCC(C)CC4)CC3)CC2)CC1. The Hall–Kier alpha value is -0.560. The third-order valence-electron chi connectivity index (χ3n) is 10.1. The summed E-state index contributed by atoms with van der Waals surface area (Å²) in [5, 5.41) is 0. The van der Waals surface area contributed by atoms with Gasteiger partial charge in [-0.2, -0.15) is 0 Å². The third kappa shape index (κ3) is 8.26. The Morgan fingerprint density at radius 3 is 1.36 bits per heavy atom. The minimum atomic E-state index is 0.961. The van der Waals surface area contributed by atoms with Crippen LogP contribution in [-0.4, -0.2) is 13.2 Å². The van der Waals surface area contributed by atoms with Gasteiger partial charge in [-0.1, -0.05) is 62.8 Å². The van der Waals surface area contributed by atoms with E-state index in [1.54, 1.807) is 11.1 Å². The summed E-state index contributed by atoms with van der Waals surface area (Å²) >= 11 is 0. The molecule has 2 saturated carbocycles. The van der Waals surface area contributed by atoms with Gasteiger partial charge in [0.1, 0.15) is 0 Å². The molecule has 1 heteroatoms. The Morgan fingerprint density at radius 2 is 1.00 bits per heavy atom. The van der Waals surface area contributed by atoms with E-state index in [0.717, 1.165) is 48.7 Å². The first kappa shape index (κ1) is 25.5. The lowest BCUT2D eigenvalue weighted by Crippen LogP contribution is -2.22. The fraction of sp³-hybridized carbons (Fsp3) is 0.875. The number of allylic oxidation sites excluding steroid dienone is 4. The van der Waals surface area contributed by atoms with Crippen molar-refractivity contribution in [1.82, 2.24) is 0 Å². The van der Waals surface area contributed by atoms with Crippen molar-refractivity contribution >= 4 is 0 Å². The van der Waals surface area contributed by atoms with Crippen LogP contribution in [0.3, 0.4) is 0 Å². The summed E-state index contributed by atoms with van der Waals surface area (Å²) < 4.78 is 6.01. The molecule has 2 fully saturated rings. The Balaban J connectivity index is 1.01. The Morgan fingerprint density at radius 1 is 0.576 bits per heavy atom. The molecule has 0 aliphatic heterocycles. The Labute approximate surface area is 206 Å². The van der Waals surface area contributed by atoms with Gasteiger partial charge in [0.15, 0.2) is 0 Å². The van der Waals surface area contributed by atoms with E-state index >= 15 is 0 Å². The van der Waals surface area contributed by atoms with Gasteiger partial charge in [-0.15, -0.1) is 0 Å². The number of hydrogen-bond acceptors (Lipinski definition) is 1. The molecular weight excluding hydrogens is 400 g/mol. The molecule has 0 N–H and O–H groups in total. The van der Waals surface area contributed by atoms with Crippen LogP contribution in [0.15, 0.2) is 23.3 Å². The van der Waals surface area contributed by atoms with Crippen molar-refractivity contribution in [2.24, 2.45) is 35.5 Å². The lowest BCUT2D eigenvalue weighted by molar-refractivity contribution is 0.128. The van der Waals surface area contributed by atoms with Crippen LogP contribution in [-0.2, 0) is 4.74 Å². The summed E-state index contributed by atoms with van der Waals surface area (Å²) in [5.74, 6) is 6.02. The molecule has 0 spiro atoms. The molecule has 4 aliphatic rings. The second-order valence-electron chi connectivity index (χ2n) is 12.7. The van der Waals surface area contributed by atoms with Crippen molar-refractivity contribution in [3.8, 4) is 0 Å². The predicted octanol–water partition coefficient (Wildman–Crippen LogP) is 9.67. The van der Waals surface area contributed by atoms with Crippen LogP contribution in [0, 0.1) is 35.5 Å². The van der Waals surface area contributed by atoms with Gasteiger partial charge in [0.25, 0.3) is 0 Å². The van der Waals surface area contributed by atoms with E-state index in [9.17, 15) is 0 Å². The molecule has 0 heterocycles. The molecule has 4 aliphatic carbocycles. The molecule has 1 nitrogen and oxygen atoms in total. The smallest absolute Gasteiger partial charge is 0.0469 e. The summed E-state index contributed by atoms with van der Waals surface area (Å²) in [6, 6.07) is 0. The van der Waals surface area contributed by atoms with Gasteiger partial charge < -0.3 is 4.74 Å². The fourth-order valence-electron chi connectivity index (χ4n) is 7.55. The van der Waals surface area contributed by atoms with Crippen molar-refractivity contribution in [1.29, 1.82) is 0 Å². The molecule has 0 amide bonds. The topological polar surface area (TPSA) is 9.23 Å². The second kappa shape index (κ2) is 13.5. The summed E-state index contributed by atoms with van der Waals surface area (Å²) in [6.45, 7) is 6.81. The van der Waals surface area contributed by atoms with E-state index in [4.69, 9.17) is 4.74 Å². The van der Waals surface area contributed by atoms with Crippen LogP contribution >= 0.6 is 0 Å². The normalized spacial score (nSPS) is 35.7. The molecule has 2 atom stereocenters. The summed E-state index contributed by atoms with van der Waals surface area (Å²) in [5.41, 5.74) is 3.46. The third-order valence-corrected chi connectivity index (χ3v) is 10.1. The van der Waals surface area contributed by atoms with E-state index < -0.39 is 0 Å². The van der Waals surface area contributed by atoms with E-state index in [2.05, 4.69) is 26.0 Å². The quantitative estimate of drug-likeness (QED) is 0.236. The summed E-state index contributed by atoms with van der Waals surface area (Å²) in [7, 11) is 0. The number of ether oxygens (including phenoxy) is 1. The van der Waals surface area contributed by atoms with Gasteiger partial charge in [0.05, 0.1) is 0 Å². The highest BCUT2D eigenvalue weighted by Crippen LogP contribution is 2.41. The standard InChI is InChI=1S/C32H54O/c1-25-7-15-29(16-8-25)31-19-11-27(12-20-31)5-3-23-33-24-4-6-28-13-21-32(22-14-28)30-17-9-26(2)10-18-30/h11,13,25-26,29-32H,3-10,12,14-24H2,1-2H3. The molecule has 2 unspecified atom stereocenters. The molecular formula is C32H54O. The van der Waals surface area contributed by atoms with Crippen molar-refractivity contribution < 1.29 is 4.74 Å². The fourth-order valence-corrected chi connectivity index (χ4v) is 7.55. The monoisotopic (exact) mass is 454 g/mol. The number of rotatable bonds is 10. The lowest BCUT2D eigenvalue weighted by atomic mass is 9.71. The lowest BCUT2D eigenvalue weighted by Gasteiger charge is -2.34. The highest BCUT2D eigenvalue weighted by molar-refractivity contribution is 5.08. The molecule has 0 radical (unpaired) electrons. The Bertz CT molecular complexity index is 560. The average molecular weight is 455 g/mol. The van der Waals surface area contributed by atoms with Gasteiger partial charge in [0.2, 0.25) is 0 Å². The van der Waals surface area contributed by atoms with Crippen LogP contribution in [0.1, 0.15) is 129 Å². The van der Waals surface area contributed by atoms with E-state index in [1.165, 1.54) is 116 Å². The molecule has 33 heavy (non-hydrogen) atoms. The number of hydrogen-bond donors (Lipinski definition) is 0. The van der Waals surface area contributed by atoms with Crippen LogP contribution in [0.25, 0.3) is 0 Å². The predicted molar refractivity (Wildman–Crippen MR) is 142 cm³/mol. The molecule has 0 saturated heterocycles. The van der Waals surface area contributed by atoms with Crippen molar-refractivity contribution in [2.45, 2.75) is 129 Å². The maximum Gasteiger partial charge on any atom is 0.0469 e. The molecule has 188 valence electrons. The zero-order chi connectivity index (χ0) is 22.9. The molecule has 0 aromatic rings. The maximum atomic E-state index is 6.01. The average Bonchev–Trinajstić information content (AvgIpc) is 2.85. The second-order valence-corrected chi connectivity index (χ2v) is 12.7. The van der Waals surface area contributed by atoms with Gasteiger partial charge in [-0.3, -0.25) is 0 Å². The van der Waals surface area contributed by atoms with E-state index in [-0.39, 0.29) is 0 Å². The first-order valence-electron chi connectivity index (χ1n) is 15.1. The minimum absolute atomic E-state index is 0.961. The van der Waals surface area contributed by atoms with Crippen LogP contribution in [0.5, 0.6) is 0 Å². The Kier molecular flexibility index (Phi) is 10.5. The van der Waals surface area contributed by atoms with Crippen LogP contribution in [0.2, 0.25) is 0 Å². The van der Waals surface area contributed by atoms with Gasteiger partial charge >= 0.3 is 0 Å². The molecule has 4 rings (SSSR count). The van der Waals surface area contributed by atoms with Crippen molar-refractivity contribution in [3.63, 3.8) is 0 Å². The minimum Gasteiger partial charge on any atom is -0.381 e. The summed E-state index contributed by atoms with van der Waals surface area (Å²) in [4.78, 5) is 0.